The van der Waals surface area contributed by atoms with E-state index in [2.05, 4.69) is 35.0 Å². The summed E-state index contributed by atoms with van der Waals surface area (Å²) in [6, 6.07) is 17.7. The largest absolute Gasteiger partial charge is 0.494 e. The molecule has 6 nitrogen and oxygen atoms in total. The van der Waals surface area contributed by atoms with Gasteiger partial charge in [0.05, 0.1) is 24.8 Å². The van der Waals surface area contributed by atoms with Crippen molar-refractivity contribution in [1.82, 2.24) is 15.0 Å². The van der Waals surface area contributed by atoms with Gasteiger partial charge in [0.25, 0.3) is 0 Å². The van der Waals surface area contributed by atoms with Crippen LogP contribution < -0.4 is 4.74 Å². The molecule has 0 saturated heterocycles. The molecule has 0 aliphatic carbocycles. The second-order valence-corrected chi connectivity index (χ2v) is 6.78. The highest BCUT2D eigenvalue weighted by Gasteiger charge is 2.16. The fraction of sp³-hybridized carbons (Fsp3) is 0.318. The Morgan fingerprint density at radius 2 is 1.79 bits per heavy atom. The molecule has 0 saturated carbocycles. The van der Waals surface area contributed by atoms with E-state index in [0.29, 0.717) is 36.5 Å². The van der Waals surface area contributed by atoms with Crippen molar-refractivity contribution >= 4 is 0 Å². The number of ether oxygens (including phenoxy) is 1. The molecular formula is C22H24N4O2. The van der Waals surface area contributed by atoms with E-state index in [1.54, 1.807) is 0 Å². The van der Waals surface area contributed by atoms with Crippen molar-refractivity contribution < 1.29 is 9.26 Å². The summed E-state index contributed by atoms with van der Waals surface area (Å²) in [4.78, 5) is 6.79. The molecule has 3 rings (SSSR count). The van der Waals surface area contributed by atoms with E-state index in [9.17, 15) is 0 Å². The van der Waals surface area contributed by atoms with Crippen LogP contribution in [0.15, 0.2) is 53.1 Å². The Labute approximate surface area is 165 Å². The molecule has 1 heterocycles. The summed E-state index contributed by atoms with van der Waals surface area (Å²) >= 11 is 0. The maximum atomic E-state index is 8.94. The zero-order chi connectivity index (χ0) is 19.9. The highest BCUT2D eigenvalue weighted by Crippen LogP contribution is 2.21. The lowest BCUT2D eigenvalue weighted by atomic mass is 10.1. The minimum atomic E-state index is 0.302. The van der Waals surface area contributed by atoms with Crippen LogP contribution in [0.4, 0.5) is 0 Å². The molecule has 1 aromatic heterocycles. The first-order valence-corrected chi connectivity index (χ1v) is 9.38. The summed E-state index contributed by atoms with van der Waals surface area (Å²) in [5.41, 5.74) is 2.69. The van der Waals surface area contributed by atoms with E-state index in [0.717, 1.165) is 23.4 Å². The van der Waals surface area contributed by atoms with Crippen molar-refractivity contribution in [2.24, 2.45) is 0 Å². The number of nitriles is 1. The quantitative estimate of drug-likeness (QED) is 0.579. The van der Waals surface area contributed by atoms with Crippen molar-refractivity contribution in [1.29, 1.82) is 5.26 Å². The fourth-order valence-corrected chi connectivity index (χ4v) is 2.82. The summed E-state index contributed by atoms with van der Waals surface area (Å²) in [5.74, 6) is 1.97. The topological polar surface area (TPSA) is 75.2 Å². The van der Waals surface area contributed by atoms with E-state index < -0.39 is 0 Å². The van der Waals surface area contributed by atoms with Crippen molar-refractivity contribution in [2.45, 2.75) is 39.9 Å². The van der Waals surface area contributed by atoms with Crippen LogP contribution in [0, 0.1) is 11.3 Å². The standard InChI is InChI=1S/C22H24N4O2/c1-4-27-20-11-9-19(10-12-20)22-24-21(28-25-22)15-26(16(2)3)14-18-7-5-17(13-23)6-8-18/h5-12,16H,4,14-15H2,1-3H3. The zero-order valence-electron chi connectivity index (χ0n) is 16.4. The van der Waals surface area contributed by atoms with E-state index in [-0.39, 0.29) is 0 Å². The third kappa shape index (κ3) is 4.96. The summed E-state index contributed by atoms with van der Waals surface area (Å²) in [6.07, 6.45) is 0. The molecule has 0 aliphatic rings. The SMILES string of the molecule is CCOc1ccc(-c2noc(CN(Cc3ccc(C#N)cc3)C(C)C)n2)cc1. The number of benzene rings is 2. The molecule has 0 atom stereocenters. The van der Waals surface area contributed by atoms with Gasteiger partial charge in [0.15, 0.2) is 0 Å². The Morgan fingerprint density at radius 1 is 1.07 bits per heavy atom. The summed E-state index contributed by atoms with van der Waals surface area (Å²) in [5, 5.41) is 13.1. The van der Waals surface area contributed by atoms with Crippen LogP contribution in [0.25, 0.3) is 11.4 Å². The van der Waals surface area contributed by atoms with Crippen LogP contribution in [-0.4, -0.2) is 27.7 Å². The van der Waals surface area contributed by atoms with Crippen LogP contribution in [0.3, 0.4) is 0 Å². The smallest absolute Gasteiger partial charge is 0.241 e. The minimum absolute atomic E-state index is 0.302. The van der Waals surface area contributed by atoms with Gasteiger partial charge in [-0.05, 0) is 62.7 Å². The van der Waals surface area contributed by atoms with Gasteiger partial charge in [-0.15, -0.1) is 0 Å². The van der Waals surface area contributed by atoms with Crippen molar-refractivity contribution in [3.05, 3.63) is 65.5 Å². The highest BCUT2D eigenvalue weighted by atomic mass is 16.5. The predicted molar refractivity (Wildman–Crippen MR) is 106 cm³/mol. The first-order chi connectivity index (χ1) is 13.6. The monoisotopic (exact) mass is 376 g/mol. The molecule has 144 valence electrons. The molecule has 3 aromatic rings. The van der Waals surface area contributed by atoms with Gasteiger partial charge < -0.3 is 9.26 Å². The zero-order valence-corrected chi connectivity index (χ0v) is 16.4. The van der Waals surface area contributed by atoms with Crippen LogP contribution in [0.5, 0.6) is 5.75 Å². The van der Waals surface area contributed by atoms with Gasteiger partial charge in [-0.25, -0.2) is 0 Å². The lowest BCUT2D eigenvalue weighted by Crippen LogP contribution is -2.30. The Kier molecular flexibility index (Phi) is 6.41. The maximum Gasteiger partial charge on any atom is 0.241 e. The normalized spacial score (nSPS) is 11.0. The predicted octanol–water partition coefficient (Wildman–Crippen LogP) is 4.42. The van der Waals surface area contributed by atoms with Gasteiger partial charge in [-0.3, -0.25) is 4.90 Å². The summed E-state index contributed by atoms with van der Waals surface area (Å²) in [6.45, 7) is 8.15. The van der Waals surface area contributed by atoms with Crippen LogP contribution >= 0.6 is 0 Å². The molecule has 28 heavy (non-hydrogen) atoms. The van der Waals surface area contributed by atoms with Crippen molar-refractivity contribution in [3.63, 3.8) is 0 Å². The molecule has 0 bridgehead atoms. The fourth-order valence-electron chi connectivity index (χ4n) is 2.82. The molecule has 0 radical (unpaired) electrons. The third-order valence-electron chi connectivity index (χ3n) is 4.43. The van der Waals surface area contributed by atoms with E-state index >= 15 is 0 Å². The summed E-state index contributed by atoms with van der Waals surface area (Å²) < 4.78 is 10.9. The average Bonchev–Trinajstić information content (AvgIpc) is 3.17. The molecule has 2 aromatic carbocycles. The lowest BCUT2D eigenvalue weighted by Gasteiger charge is -2.24. The molecule has 0 aliphatic heterocycles. The Hall–Kier alpha value is -3.17. The highest BCUT2D eigenvalue weighted by molar-refractivity contribution is 5.55. The Bertz CT molecular complexity index is 924. The van der Waals surface area contributed by atoms with Gasteiger partial charge in [-0.2, -0.15) is 10.2 Å². The molecular weight excluding hydrogens is 352 g/mol. The van der Waals surface area contributed by atoms with E-state index in [1.165, 1.54) is 0 Å². The number of aromatic nitrogens is 2. The van der Waals surface area contributed by atoms with Gasteiger partial charge in [0.1, 0.15) is 5.75 Å². The first-order valence-electron chi connectivity index (χ1n) is 9.38. The second kappa shape index (κ2) is 9.16. The third-order valence-corrected chi connectivity index (χ3v) is 4.43. The Balaban J connectivity index is 1.69. The number of rotatable bonds is 8. The molecule has 0 amide bonds. The maximum absolute atomic E-state index is 8.94. The lowest BCUT2D eigenvalue weighted by molar-refractivity contribution is 0.176. The number of hydrogen-bond acceptors (Lipinski definition) is 6. The second-order valence-electron chi connectivity index (χ2n) is 6.78. The van der Waals surface area contributed by atoms with Crippen LogP contribution in [0.2, 0.25) is 0 Å². The van der Waals surface area contributed by atoms with Gasteiger partial charge in [-0.1, -0.05) is 17.3 Å². The number of hydrogen-bond donors (Lipinski definition) is 0. The summed E-state index contributed by atoms with van der Waals surface area (Å²) in [7, 11) is 0. The molecule has 0 fully saturated rings. The van der Waals surface area contributed by atoms with E-state index in [1.807, 2.05) is 55.5 Å². The van der Waals surface area contributed by atoms with Gasteiger partial charge in [0, 0.05) is 18.2 Å². The van der Waals surface area contributed by atoms with Crippen molar-refractivity contribution in [2.75, 3.05) is 6.61 Å². The van der Waals surface area contributed by atoms with Gasteiger partial charge in [0.2, 0.25) is 11.7 Å². The molecule has 0 N–H and O–H groups in total. The van der Waals surface area contributed by atoms with Gasteiger partial charge >= 0.3 is 0 Å². The van der Waals surface area contributed by atoms with Crippen molar-refractivity contribution in [3.8, 4) is 23.2 Å². The minimum Gasteiger partial charge on any atom is -0.494 e. The van der Waals surface area contributed by atoms with E-state index in [4.69, 9.17) is 14.5 Å². The molecule has 0 unspecified atom stereocenters. The Morgan fingerprint density at radius 3 is 2.39 bits per heavy atom. The first kappa shape index (κ1) is 19.6. The van der Waals surface area contributed by atoms with Crippen LogP contribution in [0.1, 0.15) is 37.8 Å². The molecule has 0 spiro atoms. The van der Waals surface area contributed by atoms with Crippen LogP contribution in [-0.2, 0) is 13.1 Å². The average molecular weight is 376 g/mol. The number of nitrogens with zero attached hydrogens (tertiary/aromatic N) is 4. The molecule has 6 heteroatoms.